The van der Waals surface area contributed by atoms with Crippen LogP contribution in [0.3, 0.4) is 0 Å². The average Bonchev–Trinajstić information content (AvgIpc) is 3.26. The minimum atomic E-state index is -0.240. The van der Waals surface area contributed by atoms with Gasteiger partial charge in [0.05, 0.1) is 10.6 Å². The predicted octanol–water partition coefficient (Wildman–Crippen LogP) is 3.41. The third kappa shape index (κ3) is 4.49. The number of thiophene rings is 1. The van der Waals surface area contributed by atoms with Crippen LogP contribution in [0.2, 0.25) is 0 Å². The smallest absolute Gasteiger partial charge is 0.292 e. The fraction of sp³-hybridized carbons (Fsp3) is 0.278. The second-order valence-electron chi connectivity index (χ2n) is 5.53. The molecule has 2 heterocycles. The second-order valence-corrected chi connectivity index (χ2v) is 7.64. The highest BCUT2D eigenvalue weighted by molar-refractivity contribution is 7.99. The van der Waals surface area contributed by atoms with Gasteiger partial charge in [-0.1, -0.05) is 49.0 Å². The molecule has 130 valence electrons. The first kappa shape index (κ1) is 17.7. The summed E-state index contributed by atoms with van der Waals surface area (Å²) in [6, 6.07) is 13.9. The number of aromatic amines is 1. The highest BCUT2D eigenvalue weighted by atomic mass is 32.2. The number of carbonyl (C=O) groups is 1. The quantitative estimate of drug-likeness (QED) is 0.485. The fourth-order valence-corrected chi connectivity index (χ4v) is 4.25. The normalized spacial score (nSPS) is 10.9. The molecule has 0 aliphatic carbocycles. The number of benzene rings is 1. The van der Waals surface area contributed by atoms with Crippen molar-refractivity contribution in [2.45, 2.75) is 31.5 Å². The number of hydrogen-bond acceptors (Lipinski definition) is 5. The van der Waals surface area contributed by atoms with Crippen LogP contribution in [0.15, 0.2) is 52.4 Å². The maximum atomic E-state index is 12.3. The van der Waals surface area contributed by atoms with Crippen molar-refractivity contribution in [2.24, 2.45) is 0 Å². The Morgan fingerprint density at radius 1 is 1.24 bits per heavy atom. The number of H-pyrrole nitrogens is 1. The molecular weight excluding hydrogens is 354 g/mol. The van der Waals surface area contributed by atoms with Gasteiger partial charge in [0, 0.05) is 11.4 Å². The number of ketones is 1. The van der Waals surface area contributed by atoms with Gasteiger partial charge in [0.15, 0.2) is 10.9 Å². The van der Waals surface area contributed by atoms with Crippen LogP contribution in [0.25, 0.3) is 0 Å². The summed E-state index contributed by atoms with van der Waals surface area (Å²) >= 11 is 2.83. The molecule has 0 fully saturated rings. The zero-order valence-corrected chi connectivity index (χ0v) is 15.5. The van der Waals surface area contributed by atoms with E-state index in [2.05, 4.69) is 17.1 Å². The summed E-state index contributed by atoms with van der Waals surface area (Å²) in [6.07, 6.45) is 1.68. The van der Waals surface area contributed by atoms with Crippen LogP contribution in [0.1, 0.15) is 27.0 Å². The number of nitrogens with zero attached hydrogens (tertiary/aromatic N) is 2. The third-order valence-electron chi connectivity index (χ3n) is 3.81. The van der Waals surface area contributed by atoms with E-state index in [0.29, 0.717) is 11.7 Å². The van der Waals surface area contributed by atoms with Gasteiger partial charge in [-0.25, -0.2) is 9.89 Å². The summed E-state index contributed by atoms with van der Waals surface area (Å²) in [5.74, 6) is 0.346. The fourth-order valence-electron chi connectivity index (χ4n) is 2.42. The number of aromatic nitrogens is 3. The molecule has 2 aromatic heterocycles. The van der Waals surface area contributed by atoms with Crippen LogP contribution in [-0.2, 0) is 19.4 Å². The Hall–Kier alpha value is -2.12. The molecule has 0 atom stereocenters. The van der Waals surface area contributed by atoms with Gasteiger partial charge >= 0.3 is 5.69 Å². The number of aryl methyl sites for hydroxylation is 2. The lowest BCUT2D eigenvalue weighted by atomic mass is 10.1. The van der Waals surface area contributed by atoms with Gasteiger partial charge in [0.2, 0.25) is 0 Å². The van der Waals surface area contributed by atoms with Crippen molar-refractivity contribution in [1.82, 2.24) is 14.8 Å². The Morgan fingerprint density at radius 3 is 2.76 bits per heavy atom. The molecule has 0 spiro atoms. The number of rotatable bonds is 8. The van der Waals surface area contributed by atoms with Gasteiger partial charge in [-0.3, -0.25) is 9.36 Å². The van der Waals surface area contributed by atoms with Crippen LogP contribution in [0, 0.1) is 0 Å². The molecule has 0 radical (unpaired) electrons. The molecule has 0 bridgehead atoms. The van der Waals surface area contributed by atoms with Crippen LogP contribution in [-0.4, -0.2) is 26.3 Å². The number of carbonyl (C=O) groups excluding carboxylic acids is 1. The minimum absolute atomic E-state index is 0.0692. The zero-order valence-electron chi connectivity index (χ0n) is 13.9. The summed E-state index contributed by atoms with van der Waals surface area (Å²) in [5, 5.41) is 7.09. The lowest BCUT2D eigenvalue weighted by molar-refractivity contribution is 0.102. The first-order chi connectivity index (χ1) is 12.2. The van der Waals surface area contributed by atoms with Gasteiger partial charge in [-0.05, 0) is 30.5 Å². The minimum Gasteiger partial charge on any atom is -0.292 e. The Bertz CT molecular complexity index is 896. The molecule has 5 nitrogen and oxygen atoms in total. The topological polar surface area (TPSA) is 67.8 Å². The number of thioether (sulfide) groups is 1. The van der Waals surface area contributed by atoms with Gasteiger partial charge in [-0.15, -0.1) is 16.4 Å². The van der Waals surface area contributed by atoms with Gasteiger partial charge in [-0.2, -0.15) is 0 Å². The number of hydrogen-bond donors (Lipinski definition) is 1. The molecule has 7 heteroatoms. The van der Waals surface area contributed by atoms with Gasteiger partial charge in [0.1, 0.15) is 0 Å². The maximum absolute atomic E-state index is 12.3. The monoisotopic (exact) mass is 373 g/mol. The van der Waals surface area contributed by atoms with Crippen molar-refractivity contribution in [1.29, 1.82) is 0 Å². The molecule has 3 rings (SSSR count). The highest BCUT2D eigenvalue weighted by Crippen LogP contribution is 2.21. The van der Waals surface area contributed by atoms with Crippen molar-refractivity contribution in [3.63, 3.8) is 0 Å². The van der Waals surface area contributed by atoms with Crippen molar-refractivity contribution in [3.8, 4) is 0 Å². The Kier molecular flexibility index (Phi) is 5.88. The summed E-state index contributed by atoms with van der Waals surface area (Å²) in [5.41, 5.74) is 0.920. The lowest BCUT2D eigenvalue weighted by Gasteiger charge is -2.05. The van der Waals surface area contributed by atoms with Crippen molar-refractivity contribution in [3.05, 3.63) is 68.3 Å². The lowest BCUT2D eigenvalue weighted by Crippen LogP contribution is -2.19. The van der Waals surface area contributed by atoms with Gasteiger partial charge < -0.3 is 0 Å². The van der Waals surface area contributed by atoms with E-state index in [-0.39, 0.29) is 17.2 Å². The van der Waals surface area contributed by atoms with E-state index < -0.39 is 0 Å². The van der Waals surface area contributed by atoms with Crippen molar-refractivity contribution >= 4 is 28.9 Å². The Morgan fingerprint density at radius 2 is 2.04 bits per heavy atom. The standard InChI is InChI=1S/C18H19N3O2S2/c1-2-14-8-9-16(25-14)15(22)12-24-18-20-19-17(23)21(18)11-10-13-6-4-3-5-7-13/h3-9H,2,10-12H2,1H3,(H,19,23). The summed E-state index contributed by atoms with van der Waals surface area (Å²) < 4.78 is 1.59. The molecule has 0 amide bonds. The van der Waals surface area contributed by atoms with E-state index in [4.69, 9.17) is 0 Å². The molecule has 3 aromatic rings. The van der Waals surface area contributed by atoms with Crippen LogP contribution in [0.5, 0.6) is 0 Å². The molecule has 1 aromatic carbocycles. The average molecular weight is 374 g/mol. The van der Waals surface area contributed by atoms with Crippen molar-refractivity contribution in [2.75, 3.05) is 5.75 Å². The highest BCUT2D eigenvalue weighted by Gasteiger charge is 2.14. The molecule has 0 aliphatic heterocycles. The molecule has 25 heavy (non-hydrogen) atoms. The number of Topliss-reactive ketones (excluding diaryl/α,β-unsaturated/α-hetero) is 1. The van der Waals surface area contributed by atoms with Crippen LogP contribution >= 0.6 is 23.1 Å². The third-order valence-corrected chi connectivity index (χ3v) is 6.05. The molecular formula is C18H19N3O2S2. The largest absolute Gasteiger partial charge is 0.343 e. The summed E-state index contributed by atoms with van der Waals surface area (Å²) in [6.45, 7) is 2.61. The van der Waals surface area contributed by atoms with E-state index >= 15 is 0 Å². The van der Waals surface area contributed by atoms with Crippen LogP contribution in [0.4, 0.5) is 0 Å². The number of nitrogens with one attached hydrogen (secondary N) is 1. The molecule has 0 saturated carbocycles. The van der Waals surface area contributed by atoms with E-state index in [1.54, 1.807) is 4.57 Å². The molecule has 0 saturated heterocycles. The first-order valence-electron chi connectivity index (χ1n) is 8.11. The molecule has 0 unspecified atom stereocenters. The zero-order chi connectivity index (χ0) is 17.6. The Balaban J connectivity index is 1.63. The summed E-state index contributed by atoms with van der Waals surface area (Å²) in [4.78, 5) is 26.2. The molecule has 1 N–H and O–H groups in total. The van der Waals surface area contributed by atoms with E-state index in [1.165, 1.54) is 28.0 Å². The SMILES string of the molecule is CCc1ccc(C(=O)CSc2n[nH]c(=O)n2CCc2ccccc2)s1. The summed E-state index contributed by atoms with van der Waals surface area (Å²) in [7, 11) is 0. The molecule has 0 aliphatic rings. The maximum Gasteiger partial charge on any atom is 0.343 e. The van der Waals surface area contributed by atoms with Gasteiger partial charge in [0.25, 0.3) is 0 Å². The van der Waals surface area contributed by atoms with E-state index in [0.717, 1.165) is 23.3 Å². The predicted molar refractivity (Wildman–Crippen MR) is 102 cm³/mol. The van der Waals surface area contributed by atoms with Crippen LogP contribution < -0.4 is 5.69 Å². The first-order valence-corrected chi connectivity index (χ1v) is 9.91. The van der Waals surface area contributed by atoms with E-state index in [9.17, 15) is 9.59 Å². The van der Waals surface area contributed by atoms with E-state index in [1.807, 2.05) is 42.5 Å². The second kappa shape index (κ2) is 8.31. The van der Waals surface area contributed by atoms with Crippen molar-refractivity contribution < 1.29 is 4.79 Å². The Labute approximate surface area is 154 Å².